The zero-order valence-corrected chi connectivity index (χ0v) is 20.7. The summed E-state index contributed by atoms with van der Waals surface area (Å²) in [6.07, 6.45) is 0.0335. The van der Waals surface area contributed by atoms with Gasteiger partial charge in [0.2, 0.25) is 0 Å². The molecule has 3 rings (SSSR count). The minimum absolute atomic E-state index is 0.142. The fraction of sp³-hybridized carbons (Fsp3) is 0.522. The molecule has 7 nitrogen and oxygen atoms in total. The van der Waals surface area contributed by atoms with Gasteiger partial charge in [0.05, 0.1) is 6.04 Å². The van der Waals surface area contributed by atoms with E-state index in [-0.39, 0.29) is 24.8 Å². The Morgan fingerprint density at radius 1 is 1.19 bits per heavy atom. The molecule has 0 bridgehead atoms. The molecule has 0 spiro atoms. The standard InChI is InChI=1S/C23H31N3O4S2/c1-17-16-32-20(24-17)31-13-10-19-14-25(11-12-26(19)22(28)30-23(2,3)4)21(27)29-15-18-8-6-5-7-9-18/h5-9,16,19H,10-15H2,1-4H3/t19-/m1/s1. The maximum absolute atomic E-state index is 12.8. The average molecular weight is 478 g/mol. The molecule has 0 saturated carbocycles. The maximum atomic E-state index is 12.8. The van der Waals surface area contributed by atoms with Crippen LogP contribution in [-0.2, 0) is 16.1 Å². The highest BCUT2D eigenvalue weighted by atomic mass is 32.2. The number of carbonyl (C=O) groups is 2. The van der Waals surface area contributed by atoms with Gasteiger partial charge in [-0.3, -0.25) is 0 Å². The van der Waals surface area contributed by atoms with E-state index < -0.39 is 5.60 Å². The van der Waals surface area contributed by atoms with Gasteiger partial charge < -0.3 is 19.3 Å². The number of thiazole rings is 1. The molecule has 1 aromatic heterocycles. The minimum Gasteiger partial charge on any atom is -0.445 e. The number of aryl methyl sites for hydroxylation is 1. The number of benzene rings is 1. The lowest BCUT2D eigenvalue weighted by molar-refractivity contribution is -0.00349. The van der Waals surface area contributed by atoms with Crippen LogP contribution in [-0.4, -0.2) is 64.0 Å². The van der Waals surface area contributed by atoms with E-state index in [9.17, 15) is 9.59 Å². The smallest absolute Gasteiger partial charge is 0.410 e. The summed E-state index contributed by atoms with van der Waals surface area (Å²) in [5.41, 5.74) is 1.39. The van der Waals surface area contributed by atoms with E-state index >= 15 is 0 Å². The van der Waals surface area contributed by atoms with E-state index in [0.29, 0.717) is 19.6 Å². The van der Waals surface area contributed by atoms with Crippen molar-refractivity contribution in [3.8, 4) is 0 Å². The Kier molecular flexibility index (Phi) is 8.42. The summed E-state index contributed by atoms with van der Waals surface area (Å²) >= 11 is 3.30. The number of carbonyl (C=O) groups excluding carboxylic acids is 2. The third-order valence-electron chi connectivity index (χ3n) is 4.85. The summed E-state index contributed by atoms with van der Waals surface area (Å²) in [7, 11) is 0. The van der Waals surface area contributed by atoms with Crippen LogP contribution in [0.15, 0.2) is 40.1 Å². The normalized spacial score (nSPS) is 16.7. The van der Waals surface area contributed by atoms with E-state index in [1.54, 1.807) is 32.9 Å². The highest BCUT2D eigenvalue weighted by Gasteiger charge is 2.35. The second-order valence-corrected chi connectivity index (χ2v) is 10.9. The number of hydrogen-bond donors (Lipinski definition) is 0. The van der Waals surface area contributed by atoms with Crippen LogP contribution >= 0.6 is 23.1 Å². The monoisotopic (exact) mass is 477 g/mol. The zero-order valence-electron chi connectivity index (χ0n) is 19.1. The number of nitrogens with zero attached hydrogens (tertiary/aromatic N) is 3. The van der Waals surface area contributed by atoms with Gasteiger partial charge in [-0.2, -0.15) is 0 Å². The fourth-order valence-corrected chi connectivity index (χ4v) is 5.28. The van der Waals surface area contributed by atoms with Crippen LogP contribution in [0, 0.1) is 6.92 Å². The Hall–Kier alpha value is -2.26. The Morgan fingerprint density at radius 3 is 2.59 bits per heavy atom. The molecule has 2 amide bonds. The Morgan fingerprint density at radius 2 is 1.94 bits per heavy atom. The summed E-state index contributed by atoms with van der Waals surface area (Å²) < 4.78 is 12.1. The predicted octanol–water partition coefficient (Wildman–Crippen LogP) is 5.19. The minimum atomic E-state index is -0.569. The predicted molar refractivity (Wildman–Crippen MR) is 127 cm³/mol. The zero-order chi connectivity index (χ0) is 23.1. The summed E-state index contributed by atoms with van der Waals surface area (Å²) in [4.78, 5) is 33.4. The van der Waals surface area contributed by atoms with Crippen molar-refractivity contribution in [2.45, 2.75) is 56.7 Å². The SMILES string of the molecule is Cc1csc(SCC[C@@H]2CN(C(=O)OCc3ccccc3)CCN2C(=O)OC(C)(C)C)n1. The molecule has 1 aliphatic rings. The maximum Gasteiger partial charge on any atom is 0.410 e. The summed E-state index contributed by atoms with van der Waals surface area (Å²) in [5, 5.41) is 2.03. The average Bonchev–Trinajstić information content (AvgIpc) is 3.16. The van der Waals surface area contributed by atoms with Crippen LogP contribution in [0.3, 0.4) is 0 Å². The molecule has 1 atom stereocenters. The lowest BCUT2D eigenvalue weighted by atomic mass is 10.1. The van der Waals surface area contributed by atoms with Crippen molar-refractivity contribution in [2.75, 3.05) is 25.4 Å². The largest absolute Gasteiger partial charge is 0.445 e. The highest BCUT2D eigenvalue weighted by Crippen LogP contribution is 2.26. The molecule has 1 fully saturated rings. The van der Waals surface area contributed by atoms with Gasteiger partial charge in [0.15, 0.2) is 0 Å². The first-order valence-electron chi connectivity index (χ1n) is 10.7. The molecule has 9 heteroatoms. The molecule has 2 aromatic rings. The molecule has 0 N–H and O–H groups in total. The molecule has 0 aliphatic carbocycles. The summed E-state index contributed by atoms with van der Waals surface area (Å²) in [6.45, 7) is 9.04. The van der Waals surface area contributed by atoms with Gasteiger partial charge in [-0.1, -0.05) is 42.1 Å². The van der Waals surface area contributed by atoms with Crippen LogP contribution in [0.2, 0.25) is 0 Å². The molecule has 0 unspecified atom stereocenters. The summed E-state index contributed by atoms with van der Waals surface area (Å²) in [6, 6.07) is 9.47. The van der Waals surface area contributed by atoms with Crippen molar-refractivity contribution in [1.82, 2.24) is 14.8 Å². The number of thioether (sulfide) groups is 1. The first-order valence-corrected chi connectivity index (χ1v) is 12.6. The van der Waals surface area contributed by atoms with E-state index in [2.05, 4.69) is 4.98 Å². The van der Waals surface area contributed by atoms with Gasteiger partial charge >= 0.3 is 12.2 Å². The number of rotatable bonds is 6. The quantitative estimate of drug-likeness (QED) is 0.533. The number of hydrogen-bond acceptors (Lipinski definition) is 7. The number of piperazine rings is 1. The molecule has 0 radical (unpaired) electrons. The third kappa shape index (κ3) is 7.41. The lowest BCUT2D eigenvalue weighted by Gasteiger charge is -2.41. The van der Waals surface area contributed by atoms with Gasteiger partial charge in [0.1, 0.15) is 16.5 Å². The fourth-order valence-electron chi connectivity index (χ4n) is 3.32. The Bertz CT molecular complexity index is 898. The molecule has 2 heterocycles. The summed E-state index contributed by atoms with van der Waals surface area (Å²) in [5.74, 6) is 0.795. The Balaban J connectivity index is 1.60. The van der Waals surface area contributed by atoms with Crippen LogP contribution in [0.1, 0.15) is 38.4 Å². The van der Waals surface area contributed by atoms with Gasteiger partial charge in [-0.15, -0.1) is 11.3 Å². The third-order valence-corrected chi connectivity index (χ3v) is 7.02. The second kappa shape index (κ2) is 11.0. The van der Waals surface area contributed by atoms with Crippen LogP contribution < -0.4 is 0 Å². The van der Waals surface area contributed by atoms with E-state index in [1.807, 2.05) is 63.4 Å². The second-order valence-electron chi connectivity index (χ2n) is 8.71. The molecule has 1 saturated heterocycles. The van der Waals surface area contributed by atoms with Crippen LogP contribution in [0.25, 0.3) is 0 Å². The molecule has 174 valence electrons. The molecular weight excluding hydrogens is 446 g/mol. The van der Waals surface area contributed by atoms with Crippen molar-refractivity contribution in [3.63, 3.8) is 0 Å². The van der Waals surface area contributed by atoms with Crippen molar-refractivity contribution < 1.29 is 19.1 Å². The topological polar surface area (TPSA) is 72.0 Å². The van der Waals surface area contributed by atoms with Gasteiger partial charge in [-0.25, -0.2) is 14.6 Å². The van der Waals surface area contributed by atoms with E-state index in [4.69, 9.17) is 9.47 Å². The highest BCUT2D eigenvalue weighted by molar-refractivity contribution is 8.01. The van der Waals surface area contributed by atoms with Crippen molar-refractivity contribution >= 4 is 35.3 Å². The van der Waals surface area contributed by atoms with Crippen molar-refractivity contribution in [2.24, 2.45) is 0 Å². The number of aromatic nitrogens is 1. The van der Waals surface area contributed by atoms with E-state index in [1.165, 1.54) is 0 Å². The van der Waals surface area contributed by atoms with E-state index in [0.717, 1.165) is 27.8 Å². The molecule has 1 aromatic carbocycles. The molecule has 1 aliphatic heterocycles. The van der Waals surface area contributed by atoms with Gasteiger partial charge in [0.25, 0.3) is 0 Å². The van der Waals surface area contributed by atoms with Crippen molar-refractivity contribution in [1.29, 1.82) is 0 Å². The Labute approximate surface area is 198 Å². The lowest BCUT2D eigenvalue weighted by Crippen LogP contribution is -2.57. The van der Waals surface area contributed by atoms with Gasteiger partial charge in [-0.05, 0) is 39.7 Å². The van der Waals surface area contributed by atoms with Crippen LogP contribution in [0.4, 0.5) is 9.59 Å². The van der Waals surface area contributed by atoms with Gasteiger partial charge in [0, 0.05) is 36.5 Å². The number of ether oxygens (including phenoxy) is 2. The van der Waals surface area contributed by atoms with Crippen molar-refractivity contribution in [3.05, 3.63) is 47.0 Å². The van der Waals surface area contributed by atoms with Crippen LogP contribution in [0.5, 0.6) is 0 Å². The molecular formula is C23H31N3O4S2. The first-order chi connectivity index (χ1) is 15.2. The molecule has 32 heavy (non-hydrogen) atoms. The first kappa shape index (κ1) is 24.4. The number of amides is 2.